The van der Waals surface area contributed by atoms with E-state index in [0.717, 1.165) is 17.3 Å². The van der Waals surface area contributed by atoms with Crippen LogP contribution in [0.1, 0.15) is 18.9 Å². The number of hydrogen-bond acceptors (Lipinski definition) is 6. The van der Waals surface area contributed by atoms with Gasteiger partial charge in [-0.05, 0) is 42.7 Å². The van der Waals surface area contributed by atoms with Crippen molar-refractivity contribution in [3.8, 4) is 16.9 Å². The molecule has 2 aromatic rings. The number of carbonyl (C=O) groups excluding carboxylic acids is 2. The van der Waals surface area contributed by atoms with Gasteiger partial charge < -0.3 is 25.6 Å². The summed E-state index contributed by atoms with van der Waals surface area (Å²) in [5.41, 5.74) is 7.34. The molecule has 0 aliphatic rings. The van der Waals surface area contributed by atoms with Gasteiger partial charge in [0.2, 0.25) is 0 Å². The van der Waals surface area contributed by atoms with Gasteiger partial charge in [-0.2, -0.15) is 0 Å². The third kappa shape index (κ3) is 6.23. The number of aliphatic hydroxyl groups is 1. The van der Waals surface area contributed by atoms with Gasteiger partial charge in [-0.3, -0.25) is 9.59 Å². The van der Waals surface area contributed by atoms with Crippen molar-refractivity contribution >= 4 is 11.9 Å². The Morgan fingerprint density at radius 1 is 1.23 bits per heavy atom. The number of ether oxygens (including phenoxy) is 2. The number of carbonyl (C=O) groups is 2. The lowest BCUT2D eigenvalue weighted by Gasteiger charge is -2.18. The highest BCUT2D eigenvalue weighted by molar-refractivity contribution is 5.91. The lowest BCUT2D eigenvalue weighted by atomic mass is 9.98. The normalized spacial score (nSPS) is 12.2. The number of amides is 1. The monoisotopic (exact) mass is 416 g/mol. The minimum Gasteiger partial charge on any atom is -0.502 e. The van der Waals surface area contributed by atoms with Crippen LogP contribution in [0.5, 0.6) is 5.75 Å². The molecule has 2 rings (SSSR count). The molecule has 160 valence electrons. The van der Waals surface area contributed by atoms with Crippen molar-refractivity contribution in [1.29, 1.82) is 0 Å². The summed E-state index contributed by atoms with van der Waals surface area (Å²) in [6.07, 6.45) is 1.01. The Morgan fingerprint density at radius 2 is 1.93 bits per heavy atom. The second-order valence-corrected chi connectivity index (χ2v) is 6.48. The lowest BCUT2D eigenvalue weighted by Crippen LogP contribution is -2.39. The molecule has 0 spiro atoms. The van der Waals surface area contributed by atoms with Crippen LogP contribution in [0.2, 0.25) is 0 Å². The quantitative estimate of drug-likeness (QED) is 0.329. The number of rotatable bonds is 9. The molecule has 30 heavy (non-hydrogen) atoms. The molecule has 0 heterocycles. The fourth-order valence-corrected chi connectivity index (χ4v) is 2.94. The predicted octanol–water partition coefficient (Wildman–Crippen LogP) is 2.84. The number of nitrogens with two attached hydrogens (primary N) is 1. The number of methoxy groups -OCH3 is 1. The first kappa shape index (κ1) is 22.7. The fourth-order valence-electron chi connectivity index (χ4n) is 2.94. The summed E-state index contributed by atoms with van der Waals surface area (Å²) in [4.78, 5) is 23.8. The minimum absolute atomic E-state index is 0.0725. The van der Waals surface area contributed by atoms with E-state index in [1.54, 1.807) is 25.1 Å². The summed E-state index contributed by atoms with van der Waals surface area (Å²) < 4.78 is 23.9. The van der Waals surface area contributed by atoms with Crippen molar-refractivity contribution in [3.63, 3.8) is 0 Å². The molecule has 4 N–H and O–H groups in total. The number of halogens is 1. The average molecular weight is 416 g/mol. The maximum atomic E-state index is 13.6. The standard InChI is InChI=1S/C22H25FN2O5/c1-3-30-21(27)12-17(25-22(28)19(26)13-24)10-14-4-6-15(7-5-14)18-11-16(23)8-9-20(18)29-2/h4-9,11,13,17,26H,3,10,12,24H2,1-2H3,(H,25,28)/b19-13-/t17-/m1/s1. The molecule has 0 aliphatic carbocycles. The van der Waals surface area contributed by atoms with Crippen molar-refractivity contribution in [2.45, 2.75) is 25.8 Å². The zero-order valence-corrected chi connectivity index (χ0v) is 16.9. The van der Waals surface area contributed by atoms with Gasteiger partial charge >= 0.3 is 5.97 Å². The van der Waals surface area contributed by atoms with Crippen LogP contribution in [0.15, 0.2) is 54.4 Å². The van der Waals surface area contributed by atoms with Gasteiger partial charge in [-0.15, -0.1) is 0 Å². The largest absolute Gasteiger partial charge is 0.502 e. The molecule has 1 atom stereocenters. The maximum Gasteiger partial charge on any atom is 0.307 e. The molecule has 7 nitrogen and oxygen atoms in total. The number of nitrogens with one attached hydrogen (secondary N) is 1. The smallest absolute Gasteiger partial charge is 0.307 e. The molecule has 0 saturated carbocycles. The summed E-state index contributed by atoms with van der Waals surface area (Å²) in [7, 11) is 1.51. The molecule has 2 aromatic carbocycles. The van der Waals surface area contributed by atoms with Crippen LogP contribution in [0.4, 0.5) is 4.39 Å². The van der Waals surface area contributed by atoms with E-state index in [9.17, 15) is 19.1 Å². The molecule has 0 bridgehead atoms. The zero-order valence-electron chi connectivity index (χ0n) is 16.9. The molecular weight excluding hydrogens is 391 g/mol. The van der Waals surface area contributed by atoms with Gasteiger partial charge in [0, 0.05) is 17.8 Å². The Labute approximate surface area is 174 Å². The van der Waals surface area contributed by atoms with Gasteiger partial charge in [0.1, 0.15) is 11.6 Å². The van der Waals surface area contributed by atoms with E-state index in [4.69, 9.17) is 15.2 Å². The van der Waals surface area contributed by atoms with E-state index in [1.807, 2.05) is 12.1 Å². The average Bonchev–Trinajstić information content (AvgIpc) is 2.73. The zero-order chi connectivity index (χ0) is 22.1. The highest BCUT2D eigenvalue weighted by Gasteiger charge is 2.20. The molecule has 0 saturated heterocycles. The Hall–Kier alpha value is -3.55. The Balaban J connectivity index is 2.20. The fraction of sp³-hybridized carbons (Fsp3) is 0.273. The van der Waals surface area contributed by atoms with Crippen LogP contribution in [-0.2, 0) is 20.7 Å². The topological polar surface area (TPSA) is 111 Å². The number of aliphatic hydroxyl groups excluding tert-OH is 1. The van der Waals surface area contributed by atoms with Crippen molar-refractivity contribution < 1.29 is 28.6 Å². The third-order valence-corrected chi connectivity index (χ3v) is 4.35. The van der Waals surface area contributed by atoms with E-state index >= 15 is 0 Å². The molecule has 0 aromatic heterocycles. The van der Waals surface area contributed by atoms with Crippen LogP contribution in [0.3, 0.4) is 0 Å². The number of esters is 1. The number of benzene rings is 2. The van der Waals surface area contributed by atoms with E-state index in [2.05, 4.69) is 5.32 Å². The van der Waals surface area contributed by atoms with Crippen LogP contribution in [0.25, 0.3) is 11.1 Å². The van der Waals surface area contributed by atoms with Gasteiger partial charge in [0.25, 0.3) is 5.91 Å². The summed E-state index contributed by atoms with van der Waals surface area (Å²) >= 11 is 0. The van der Waals surface area contributed by atoms with Crippen LogP contribution >= 0.6 is 0 Å². The second kappa shape index (κ2) is 10.8. The van der Waals surface area contributed by atoms with Gasteiger partial charge in [-0.1, -0.05) is 24.3 Å². The highest BCUT2D eigenvalue weighted by Crippen LogP contribution is 2.30. The Kier molecular flexibility index (Phi) is 8.22. The number of hydrogen-bond donors (Lipinski definition) is 3. The SMILES string of the molecule is CCOC(=O)C[C@@H](Cc1ccc(-c2cc(F)ccc2OC)cc1)NC(=O)/C(O)=C/N. The van der Waals surface area contributed by atoms with Crippen LogP contribution < -0.4 is 15.8 Å². The summed E-state index contributed by atoms with van der Waals surface area (Å²) in [5, 5.41) is 12.0. The van der Waals surface area contributed by atoms with Crippen LogP contribution in [0, 0.1) is 5.82 Å². The highest BCUT2D eigenvalue weighted by atomic mass is 19.1. The molecule has 8 heteroatoms. The molecule has 0 fully saturated rings. The molecular formula is C22H25FN2O5. The summed E-state index contributed by atoms with van der Waals surface area (Å²) in [6.45, 7) is 1.91. The summed E-state index contributed by atoms with van der Waals surface area (Å²) in [5.74, 6) is -1.73. The van der Waals surface area contributed by atoms with E-state index in [1.165, 1.54) is 19.2 Å². The minimum atomic E-state index is -0.784. The maximum absolute atomic E-state index is 13.6. The Bertz CT molecular complexity index is 912. The van der Waals surface area contributed by atoms with Gasteiger partial charge in [0.05, 0.1) is 20.1 Å². The predicted molar refractivity (Wildman–Crippen MR) is 110 cm³/mol. The molecule has 1 amide bonds. The van der Waals surface area contributed by atoms with Crippen molar-refractivity contribution in [2.24, 2.45) is 5.73 Å². The first-order valence-electron chi connectivity index (χ1n) is 9.38. The molecule has 0 radical (unpaired) electrons. The van der Waals surface area contributed by atoms with Gasteiger partial charge in [-0.25, -0.2) is 4.39 Å². The van der Waals surface area contributed by atoms with Crippen molar-refractivity contribution in [2.75, 3.05) is 13.7 Å². The summed E-state index contributed by atoms with van der Waals surface area (Å²) in [6, 6.07) is 10.9. The first-order valence-corrected chi connectivity index (χ1v) is 9.38. The first-order chi connectivity index (χ1) is 14.4. The molecule has 0 aliphatic heterocycles. The molecule has 0 unspecified atom stereocenters. The van der Waals surface area contributed by atoms with Gasteiger partial charge in [0.15, 0.2) is 5.76 Å². The Morgan fingerprint density at radius 3 is 2.53 bits per heavy atom. The second-order valence-electron chi connectivity index (χ2n) is 6.48. The third-order valence-electron chi connectivity index (χ3n) is 4.35. The van der Waals surface area contributed by atoms with Crippen molar-refractivity contribution in [3.05, 3.63) is 65.8 Å². The van der Waals surface area contributed by atoms with E-state index < -0.39 is 23.7 Å². The van der Waals surface area contributed by atoms with E-state index in [-0.39, 0.29) is 18.8 Å². The van der Waals surface area contributed by atoms with Crippen LogP contribution in [-0.4, -0.2) is 36.7 Å². The van der Waals surface area contributed by atoms with Crippen molar-refractivity contribution in [1.82, 2.24) is 5.32 Å². The van der Waals surface area contributed by atoms with E-state index in [0.29, 0.717) is 17.7 Å². The lowest BCUT2D eigenvalue weighted by molar-refractivity contribution is -0.143.